The summed E-state index contributed by atoms with van der Waals surface area (Å²) in [6, 6.07) is 11.7. The summed E-state index contributed by atoms with van der Waals surface area (Å²) >= 11 is 0. The summed E-state index contributed by atoms with van der Waals surface area (Å²) in [6.45, 7) is 4.14. The Labute approximate surface area is 150 Å². The van der Waals surface area contributed by atoms with Crippen LogP contribution in [-0.4, -0.2) is 27.1 Å². The first kappa shape index (κ1) is 17.6. The van der Waals surface area contributed by atoms with Crippen molar-refractivity contribution in [3.63, 3.8) is 0 Å². The fourth-order valence-electron chi connectivity index (χ4n) is 2.87. The second kappa shape index (κ2) is 7.35. The van der Waals surface area contributed by atoms with Crippen LogP contribution in [0.1, 0.15) is 36.5 Å². The Kier molecular flexibility index (Phi) is 4.97. The van der Waals surface area contributed by atoms with E-state index in [1.165, 1.54) is 12.1 Å². The molecule has 26 heavy (non-hydrogen) atoms. The van der Waals surface area contributed by atoms with Gasteiger partial charge in [-0.15, -0.1) is 0 Å². The number of esters is 1. The molecule has 0 atom stereocenters. The monoisotopic (exact) mass is 353 g/mol. The molecule has 0 bridgehead atoms. The fourth-order valence-corrected chi connectivity index (χ4v) is 2.87. The number of hydrogen-bond donors (Lipinski definition) is 0. The molecule has 0 saturated heterocycles. The highest BCUT2D eigenvalue weighted by atomic mass is 16.6. The summed E-state index contributed by atoms with van der Waals surface area (Å²) in [7, 11) is 0. The Bertz CT molecular complexity index is 961. The maximum atomic E-state index is 11.8. The maximum absolute atomic E-state index is 11.8. The molecule has 0 aliphatic carbocycles. The molecule has 3 rings (SSSR count). The number of rotatable bonds is 6. The standard InChI is InChI=1S/C19H19N3O4/c1-3-5-18-20-16-12-15(22(24)25)10-11-17(16)21(18)14-8-6-13(7-9-14)19(23)26-4-2/h6-12H,3-5H2,1-2H3. The summed E-state index contributed by atoms with van der Waals surface area (Å²) in [5.41, 5.74) is 2.72. The van der Waals surface area contributed by atoms with E-state index in [-0.39, 0.29) is 11.7 Å². The third kappa shape index (κ3) is 3.28. The van der Waals surface area contributed by atoms with Gasteiger partial charge in [0.25, 0.3) is 5.69 Å². The van der Waals surface area contributed by atoms with Gasteiger partial charge in [-0.3, -0.25) is 14.7 Å². The van der Waals surface area contributed by atoms with Crippen LogP contribution in [0.4, 0.5) is 5.69 Å². The number of carbonyl (C=O) groups excluding carboxylic acids is 1. The highest BCUT2D eigenvalue weighted by Crippen LogP contribution is 2.26. The fraction of sp³-hybridized carbons (Fsp3) is 0.263. The molecule has 0 aliphatic heterocycles. The summed E-state index contributed by atoms with van der Waals surface area (Å²) < 4.78 is 6.97. The normalized spacial score (nSPS) is 10.8. The van der Waals surface area contributed by atoms with Crippen LogP contribution in [0.2, 0.25) is 0 Å². The number of hydrogen-bond acceptors (Lipinski definition) is 5. The molecule has 0 amide bonds. The van der Waals surface area contributed by atoms with Gasteiger partial charge < -0.3 is 4.74 Å². The zero-order chi connectivity index (χ0) is 18.7. The molecule has 0 saturated carbocycles. The van der Waals surface area contributed by atoms with E-state index in [1.54, 1.807) is 25.1 Å². The van der Waals surface area contributed by atoms with Crippen LogP contribution in [0.15, 0.2) is 42.5 Å². The zero-order valence-electron chi connectivity index (χ0n) is 14.6. The van der Waals surface area contributed by atoms with Crippen LogP contribution < -0.4 is 0 Å². The van der Waals surface area contributed by atoms with Gasteiger partial charge in [-0.2, -0.15) is 0 Å². The van der Waals surface area contributed by atoms with Gasteiger partial charge in [0.15, 0.2) is 0 Å². The average Bonchev–Trinajstić information content (AvgIpc) is 2.99. The topological polar surface area (TPSA) is 87.3 Å². The van der Waals surface area contributed by atoms with E-state index in [9.17, 15) is 14.9 Å². The Morgan fingerprint density at radius 2 is 1.92 bits per heavy atom. The van der Waals surface area contributed by atoms with Gasteiger partial charge in [-0.1, -0.05) is 6.92 Å². The minimum absolute atomic E-state index is 0.0165. The highest BCUT2D eigenvalue weighted by molar-refractivity contribution is 5.89. The van der Waals surface area contributed by atoms with Gasteiger partial charge >= 0.3 is 5.97 Å². The third-order valence-electron chi connectivity index (χ3n) is 4.03. The van der Waals surface area contributed by atoms with Crippen molar-refractivity contribution in [1.29, 1.82) is 0 Å². The van der Waals surface area contributed by atoms with E-state index < -0.39 is 4.92 Å². The van der Waals surface area contributed by atoms with Crippen molar-refractivity contribution in [2.45, 2.75) is 26.7 Å². The van der Waals surface area contributed by atoms with Crippen molar-refractivity contribution in [3.8, 4) is 5.69 Å². The van der Waals surface area contributed by atoms with Crippen LogP contribution in [0.3, 0.4) is 0 Å². The van der Waals surface area contributed by atoms with Crippen LogP contribution in [0, 0.1) is 10.1 Å². The molecule has 0 fully saturated rings. The van der Waals surface area contributed by atoms with Gasteiger partial charge in [0.05, 0.1) is 28.1 Å². The van der Waals surface area contributed by atoms with Crippen molar-refractivity contribution in [2.24, 2.45) is 0 Å². The van der Waals surface area contributed by atoms with Crippen molar-refractivity contribution < 1.29 is 14.5 Å². The summed E-state index contributed by atoms with van der Waals surface area (Å²) in [4.78, 5) is 27.0. The van der Waals surface area contributed by atoms with Crippen molar-refractivity contribution in [1.82, 2.24) is 9.55 Å². The number of imidazole rings is 1. The number of benzene rings is 2. The molecule has 1 heterocycles. The van der Waals surface area contributed by atoms with E-state index >= 15 is 0 Å². The quantitative estimate of drug-likeness (QED) is 0.379. The number of nitro benzene ring substituents is 1. The predicted molar refractivity (Wildman–Crippen MR) is 97.7 cm³/mol. The molecular formula is C19H19N3O4. The lowest BCUT2D eigenvalue weighted by Crippen LogP contribution is -2.05. The number of carbonyl (C=O) groups is 1. The first-order chi connectivity index (χ1) is 12.5. The van der Waals surface area contributed by atoms with E-state index in [0.29, 0.717) is 17.7 Å². The van der Waals surface area contributed by atoms with E-state index in [1.807, 2.05) is 16.7 Å². The zero-order valence-corrected chi connectivity index (χ0v) is 14.6. The molecule has 1 aromatic heterocycles. The first-order valence-corrected chi connectivity index (χ1v) is 8.48. The molecule has 2 aromatic carbocycles. The molecule has 134 valence electrons. The number of aromatic nitrogens is 2. The molecule has 0 radical (unpaired) electrons. The number of fused-ring (bicyclic) bond motifs is 1. The Morgan fingerprint density at radius 1 is 1.19 bits per heavy atom. The maximum Gasteiger partial charge on any atom is 0.338 e. The number of ether oxygens (including phenoxy) is 1. The SMILES string of the molecule is CCCc1nc2cc([N+](=O)[O-])ccc2n1-c1ccc(C(=O)OCC)cc1. The van der Waals surface area contributed by atoms with Gasteiger partial charge in [-0.25, -0.2) is 9.78 Å². The molecule has 3 aromatic rings. The third-order valence-corrected chi connectivity index (χ3v) is 4.03. The molecule has 0 spiro atoms. The number of nitrogens with zero attached hydrogens (tertiary/aromatic N) is 3. The van der Waals surface area contributed by atoms with Crippen molar-refractivity contribution >= 4 is 22.7 Å². The van der Waals surface area contributed by atoms with E-state index in [4.69, 9.17) is 4.74 Å². The molecule has 7 heteroatoms. The molecular weight excluding hydrogens is 334 g/mol. The second-order valence-corrected chi connectivity index (χ2v) is 5.81. The number of nitro groups is 1. The van der Waals surface area contributed by atoms with Gasteiger partial charge in [0.2, 0.25) is 0 Å². The minimum atomic E-state index is -0.425. The van der Waals surface area contributed by atoms with Crippen LogP contribution >= 0.6 is 0 Å². The smallest absolute Gasteiger partial charge is 0.338 e. The first-order valence-electron chi connectivity index (χ1n) is 8.48. The van der Waals surface area contributed by atoms with Crippen molar-refractivity contribution in [2.75, 3.05) is 6.61 Å². The minimum Gasteiger partial charge on any atom is -0.462 e. The van der Waals surface area contributed by atoms with Crippen LogP contribution in [0.5, 0.6) is 0 Å². The lowest BCUT2D eigenvalue weighted by atomic mass is 10.2. The molecule has 0 N–H and O–H groups in total. The van der Waals surface area contributed by atoms with Gasteiger partial charge in [0.1, 0.15) is 5.82 Å². The number of non-ortho nitro benzene ring substituents is 1. The average molecular weight is 353 g/mol. The number of aryl methyl sites for hydroxylation is 1. The van der Waals surface area contributed by atoms with Crippen molar-refractivity contribution in [3.05, 3.63) is 64.0 Å². The van der Waals surface area contributed by atoms with Gasteiger partial charge in [-0.05, 0) is 43.7 Å². The lowest BCUT2D eigenvalue weighted by molar-refractivity contribution is -0.384. The van der Waals surface area contributed by atoms with Crippen LogP contribution in [0.25, 0.3) is 16.7 Å². The predicted octanol–water partition coefficient (Wildman–Crippen LogP) is 4.06. The summed E-state index contributed by atoms with van der Waals surface area (Å²) in [6.07, 6.45) is 1.63. The summed E-state index contributed by atoms with van der Waals surface area (Å²) in [5, 5.41) is 11.0. The largest absolute Gasteiger partial charge is 0.462 e. The molecule has 0 unspecified atom stereocenters. The Balaban J connectivity index is 2.09. The Hall–Kier alpha value is -3.22. The molecule has 0 aliphatic rings. The summed E-state index contributed by atoms with van der Waals surface area (Å²) in [5.74, 6) is 0.464. The second-order valence-electron chi connectivity index (χ2n) is 5.81. The van der Waals surface area contributed by atoms with E-state index in [2.05, 4.69) is 11.9 Å². The lowest BCUT2D eigenvalue weighted by Gasteiger charge is -2.10. The Morgan fingerprint density at radius 3 is 2.54 bits per heavy atom. The van der Waals surface area contributed by atoms with Gasteiger partial charge in [0, 0.05) is 24.2 Å². The molecule has 7 nitrogen and oxygen atoms in total. The highest BCUT2D eigenvalue weighted by Gasteiger charge is 2.16. The van der Waals surface area contributed by atoms with Crippen LogP contribution in [-0.2, 0) is 11.2 Å². The van der Waals surface area contributed by atoms with E-state index in [0.717, 1.165) is 29.9 Å².